The molecule has 17 heavy (non-hydrogen) atoms. The van der Waals surface area contributed by atoms with Crippen molar-refractivity contribution in [3.05, 3.63) is 30.3 Å². The summed E-state index contributed by atoms with van der Waals surface area (Å²) in [5.41, 5.74) is 0.454. The van der Waals surface area contributed by atoms with Crippen LogP contribution in [0, 0.1) is 0 Å². The van der Waals surface area contributed by atoms with Crippen LogP contribution in [0.2, 0.25) is 0 Å². The molecule has 3 amide bonds. The molecule has 2 rings (SSSR count). The summed E-state index contributed by atoms with van der Waals surface area (Å²) in [7, 11) is 0. The highest BCUT2D eigenvalue weighted by atomic mass is 16.4. The molecule has 88 valence electrons. The van der Waals surface area contributed by atoms with Crippen molar-refractivity contribution < 1.29 is 19.5 Å². The lowest BCUT2D eigenvalue weighted by Gasteiger charge is -2.15. The molecule has 1 N–H and O–H groups in total. The van der Waals surface area contributed by atoms with Gasteiger partial charge in [-0.3, -0.25) is 9.59 Å². The van der Waals surface area contributed by atoms with Gasteiger partial charge in [0.15, 0.2) is 0 Å². The highest BCUT2D eigenvalue weighted by Crippen LogP contribution is 2.20. The summed E-state index contributed by atoms with van der Waals surface area (Å²) in [5.74, 6) is -1.55. The number of hydrogen-bond acceptors (Lipinski definition) is 3. The first-order valence-corrected chi connectivity index (χ1v) is 4.98. The summed E-state index contributed by atoms with van der Waals surface area (Å²) in [6.07, 6.45) is 0. The molecule has 0 atom stereocenters. The summed E-state index contributed by atoms with van der Waals surface area (Å²) in [6.45, 7) is -0.659. The fraction of sp³-hybridized carbons (Fsp3) is 0.182. The Balaban J connectivity index is 2.23. The third kappa shape index (κ3) is 2.10. The fourth-order valence-electron chi connectivity index (χ4n) is 1.67. The van der Waals surface area contributed by atoms with Crippen LogP contribution in [-0.4, -0.2) is 41.0 Å². The number of carboxylic acid groups (broad SMARTS) is 1. The van der Waals surface area contributed by atoms with Crippen molar-refractivity contribution >= 4 is 23.6 Å². The number of nitrogens with zero attached hydrogens (tertiary/aromatic N) is 2. The molecule has 1 aromatic carbocycles. The minimum atomic E-state index is -1.14. The lowest BCUT2D eigenvalue weighted by Crippen LogP contribution is -2.35. The van der Waals surface area contributed by atoms with Gasteiger partial charge in [-0.05, 0) is 12.1 Å². The maximum atomic E-state index is 11.8. The van der Waals surface area contributed by atoms with Gasteiger partial charge in [0.25, 0.3) is 5.91 Å². The number of benzene rings is 1. The SMILES string of the molecule is O=C(O)CN1CC(=O)N(c2ccccc2)C1=O. The number of urea groups is 1. The maximum Gasteiger partial charge on any atom is 0.332 e. The molecular formula is C11H10N2O4. The van der Waals surface area contributed by atoms with E-state index in [2.05, 4.69) is 0 Å². The number of carboxylic acids is 1. The number of para-hydroxylation sites is 1. The van der Waals surface area contributed by atoms with Gasteiger partial charge in [-0.2, -0.15) is 0 Å². The molecule has 1 aliphatic rings. The zero-order valence-electron chi connectivity index (χ0n) is 8.87. The van der Waals surface area contributed by atoms with Crippen LogP contribution in [0.15, 0.2) is 30.3 Å². The predicted octanol–water partition coefficient (Wildman–Crippen LogP) is 0.540. The molecule has 0 unspecified atom stereocenters. The largest absolute Gasteiger partial charge is 0.480 e. The van der Waals surface area contributed by atoms with Gasteiger partial charge in [0.2, 0.25) is 0 Å². The third-order valence-electron chi connectivity index (χ3n) is 2.38. The molecule has 0 bridgehead atoms. The van der Waals surface area contributed by atoms with Crippen LogP contribution in [0.4, 0.5) is 10.5 Å². The minimum absolute atomic E-state index is 0.194. The molecule has 0 aliphatic carbocycles. The molecule has 0 saturated carbocycles. The molecule has 6 heteroatoms. The summed E-state index contributed by atoms with van der Waals surface area (Å²) in [6, 6.07) is 7.83. The van der Waals surface area contributed by atoms with E-state index in [4.69, 9.17) is 5.11 Å². The van der Waals surface area contributed by atoms with E-state index >= 15 is 0 Å². The Hall–Kier alpha value is -2.37. The van der Waals surface area contributed by atoms with E-state index in [1.807, 2.05) is 0 Å². The average Bonchev–Trinajstić information content (AvgIpc) is 2.54. The normalized spacial score (nSPS) is 15.5. The van der Waals surface area contributed by atoms with Crippen molar-refractivity contribution in [2.24, 2.45) is 0 Å². The average molecular weight is 234 g/mol. The smallest absolute Gasteiger partial charge is 0.332 e. The van der Waals surface area contributed by atoms with E-state index in [1.54, 1.807) is 30.3 Å². The zero-order chi connectivity index (χ0) is 12.4. The molecule has 1 saturated heterocycles. The number of amides is 3. The monoisotopic (exact) mass is 234 g/mol. The first-order valence-electron chi connectivity index (χ1n) is 4.98. The first-order chi connectivity index (χ1) is 8.09. The Labute approximate surface area is 97.0 Å². The van der Waals surface area contributed by atoms with Crippen LogP contribution in [0.25, 0.3) is 0 Å². The standard InChI is InChI=1S/C11H10N2O4/c14-9-6-12(7-10(15)16)11(17)13(9)8-4-2-1-3-5-8/h1-5H,6-7H2,(H,15,16). The van der Waals surface area contributed by atoms with Gasteiger partial charge in [-0.25, -0.2) is 9.69 Å². The van der Waals surface area contributed by atoms with E-state index in [1.165, 1.54) is 0 Å². The molecule has 0 aromatic heterocycles. The van der Waals surface area contributed by atoms with Gasteiger partial charge in [0, 0.05) is 0 Å². The second-order valence-corrected chi connectivity index (χ2v) is 3.60. The lowest BCUT2D eigenvalue weighted by molar-refractivity contribution is -0.137. The molecule has 0 spiro atoms. The molecule has 6 nitrogen and oxygen atoms in total. The number of carbonyl (C=O) groups is 3. The minimum Gasteiger partial charge on any atom is -0.480 e. The summed E-state index contributed by atoms with van der Waals surface area (Å²) < 4.78 is 0. The number of anilines is 1. The first kappa shape index (κ1) is 11.1. The highest BCUT2D eigenvalue weighted by Gasteiger charge is 2.37. The Bertz CT molecular complexity index is 472. The van der Waals surface area contributed by atoms with E-state index in [9.17, 15) is 14.4 Å². The van der Waals surface area contributed by atoms with Crippen LogP contribution in [0.5, 0.6) is 0 Å². The Morgan fingerprint density at radius 3 is 2.47 bits per heavy atom. The topological polar surface area (TPSA) is 77.9 Å². The van der Waals surface area contributed by atoms with Gasteiger partial charge >= 0.3 is 12.0 Å². The Kier molecular flexibility index (Phi) is 2.78. The predicted molar refractivity (Wildman–Crippen MR) is 58.5 cm³/mol. The van der Waals surface area contributed by atoms with E-state index < -0.39 is 24.5 Å². The second-order valence-electron chi connectivity index (χ2n) is 3.60. The van der Waals surface area contributed by atoms with E-state index in [0.29, 0.717) is 5.69 Å². The van der Waals surface area contributed by atoms with Crippen LogP contribution < -0.4 is 4.90 Å². The maximum absolute atomic E-state index is 11.8. The van der Waals surface area contributed by atoms with Crippen LogP contribution in [0.1, 0.15) is 0 Å². The van der Waals surface area contributed by atoms with E-state index in [-0.39, 0.29) is 6.54 Å². The van der Waals surface area contributed by atoms with Crippen LogP contribution in [0.3, 0.4) is 0 Å². The number of rotatable bonds is 3. The number of aliphatic carboxylic acids is 1. The number of imide groups is 1. The molecule has 1 heterocycles. The fourth-order valence-corrected chi connectivity index (χ4v) is 1.67. The van der Waals surface area contributed by atoms with Crippen molar-refractivity contribution in [3.8, 4) is 0 Å². The van der Waals surface area contributed by atoms with Gasteiger partial charge in [-0.1, -0.05) is 18.2 Å². The van der Waals surface area contributed by atoms with Crippen molar-refractivity contribution in [1.82, 2.24) is 4.90 Å². The molecule has 1 aromatic rings. The molecule has 0 radical (unpaired) electrons. The van der Waals surface area contributed by atoms with Crippen molar-refractivity contribution in [2.45, 2.75) is 0 Å². The Morgan fingerprint density at radius 1 is 1.24 bits per heavy atom. The number of hydrogen-bond donors (Lipinski definition) is 1. The van der Waals surface area contributed by atoms with Crippen LogP contribution >= 0.6 is 0 Å². The second kappa shape index (κ2) is 4.25. The third-order valence-corrected chi connectivity index (χ3v) is 2.38. The van der Waals surface area contributed by atoms with E-state index in [0.717, 1.165) is 9.80 Å². The highest BCUT2D eigenvalue weighted by molar-refractivity contribution is 6.20. The molecular weight excluding hydrogens is 224 g/mol. The lowest BCUT2D eigenvalue weighted by atomic mass is 10.3. The van der Waals surface area contributed by atoms with Gasteiger partial charge in [0.05, 0.1) is 5.69 Å². The quantitative estimate of drug-likeness (QED) is 0.774. The zero-order valence-corrected chi connectivity index (χ0v) is 8.87. The summed E-state index contributed by atoms with van der Waals surface area (Å²) >= 11 is 0. The summed E-state index contributed by atoms with van der Waals surface area (Å²) in [4.78, 5) is 36.0. The van der Waals surface area contributed by atoms with Gasteiger partial charge < -0.3 is 10.0 Å². The van der Waals surface area contributed by atoms with Crippen molar-refractivity contribution in [3.63, 3.8) is 0 Å². The molecule has 1 fully saturated rings. The van der Waals surface area contributed by atoms with Gasteiger partial charge in [-0.15, -0.1) is 0 Å². The summed E-state index contributed by atoms with van der Waals surface area (Å²) in [5, 5.41) is 8.61. The van der Waals surface area contributed by atoms with Crippen LogP contribution in [-0.2, 0) is 9.59 Å². The Morgan fingerprint density at radius 2 is 1.88 bits per heavy atom. The van der Waals surface area contributed by atoms with Crippen molar-refractivity contribution in [1.29, 1.82) is 0 Å². The van der Waals surface area contributed by atoms with Crippen molar-refractivity contribution in [2.75, 3.05) is 18.0 Å². The molecule has 1 aliphatic heterocycles. The number of carbonyl (C=O) groups excluding carboxylic acids is 2. The van der Waals surface area contributed by atoms with Gasteiger partial charge in [0.1, 0.15) is 13.1 Å².